The summed E-state index contributed by atoms with van der Waals surface area (Å²) in [4.78, 5) is 31.2. The molecule has 0 atom stereocenters. The van der Waals surface area contributed by atoms with Crippen LogP contribution in [0, 0.1) is 17.2 Å². The van der Waals surface area contributed by atoms with Crippen LogP contribution in [0.15, 0.2) is 18.3 Å². The van der Waals surface area contributed by atoms with Gasteiger partial charge in [0.2, 0.25) is 11.8 Å². The van der Waals surface area contributed by atoms with E-state index in [2.05, 4.69) is 26.6 Å². The number of carbonyl (C=O) groups excluding carboxylic acids is 2. The van der Waals surface area contributed by atoms with Crippen molar-refractivity contribution in [3.05, 3.63) is 29.0 Å². The number of aromatic amines is 1. The fourth-order valence-electron chi connectivity index (χ4n) is 3.94. The fraction of sp³-hybridized carbons (Fsp3) is 0.476. The van der Waals surface area contributed by atoms with Gasteiger partial charge in [0.05, 0.1) is 30.1 Å². The van der Waals surface area contributed by atoms with Gasteiger partial charge in [-0.25, -0.2) is 4.98 Å². The molecule has 1 aliphatic heterocycles. The van der Waals surface area contributed by atoms with Crippen molar-refractivity contribution in [3.8, 4) is 23.2 Å². The molecule has 0 bridgehead atoms. The molecule has 3 heterocycles. The summed E-state index contributed by atoms with van der Waals surface area (Å²) < 4.78 is 5.12. The van der Waals surface area contributed by atoms with E-state index in [1.54, 1.807) is 17.0 Å². The molecular weight excluding hydrogens is 420 g/mol. The minimum Gasteiger partial charge on any atom is -0.481 e. The van der Waals surface area contributed by atoms with Crippen molar-refractivity contribution in [1.82, 2.24) is 25.4 Å². The maximum Gasteiger partial charge on any atom is 0.271 e. The molecule has 2 fully saturated rings. The molecule has 9 nitrogen and oxygen atoms in total. The predicted octanol–water partition coefficient (Wildman–Crippen LogP) is 2.55. The van der Waals surface area contributed by atoms with Crippen LogP contribution in [-0.2, 0) is 4.79 Å². The average Bonchev–Trinajstić information content (AvgIpc) is 3.26. The van der Waals surface area contributed by atoms with Crippen molar-refractivity contribution in [2.24, 2.45) is 5.92 Å². The second-order valence-electron chi connectivity index (χ2n) is 7.98. The number of hydrogen-bond acceptors (Lipinski definition) is 6. The number of aromatic nitrogens is 3. The highest BCUT2D eigenvalue weighted by Gasteiger charge is 2.40. The van der Waals surface area contributed by atoms with E-state index in [0.717, 1.165) is 6.42 Å². The van der Waals surface area contributed by atoms with Crippen LogP contribution in [0.3, 0.4) is 0 Å². The van der Waals surface area contributed by atoms with Crippen LogP contribution in [0.4, 0.5) is 0 Å². The lowest BCUT2D eigenvalue weighted by Crippen LogP contribution is -2.55. The van der Waals surface area contributed by atoms with Crippen LogP contribution in [0.2, 0.25) is 5.02 Å². The summed E-state index contributed by atoms with van der Waals surface area (Å²) in [5, 5.41) is 19.6. The Morgan fingerprint density at radius 1 is 1.35 bits per heavy atom. The molecule has 0 aromatic carbocycles. The van der Waals surface area contributed by atoms with E-state index in [9.17, 15) is 14.9 Å². The van der Waals surface area contributed by atoms with Crippen molar-refractivity contribution in [3.63, 3.8) is 0 Å². The van der Waals surface area contributed by atoms with Gasteiger partial charge >= 0.3 is 0 Å². The molecule has 4 rings (SSSR count). The van der Waals surface area contributed by atoms with E-state index < -0.39 is 5.54 Å². The van der Waals surface area contributed by atoms with E-state index in [4.69, 9.17) is 16.3 Å². The number of carbonyl (C=O) groups is 2. The maximum absolute atomic E-state index is 12.9. The van der Waals surface area contributed by atoms with Gasteiger partial charge in [-0.1, -0.05) is 11.6 Å². The summed E-state index contributed by atoms with van der Waals surface area (Å²) in [5.41, 5.74) is 0.794. The Kier molecular flexibility index (Phi) is 5.83. The van der Waals surface area contributed by atoms with E-state index >= 15 is 0 Å². The molecule has 2 aliphatic rings. The minimum atomic E-state index is -0.687. The summed E-state index contributed by atoms with van der Waals surface area (Å²) in [6.45, 7) is 0.934. The average molecular weight is 443 g/mol. The monoisotopic (exact) mass is 442 g/mol. The summed E-state index contributed by atoms with van der Waals surface area (Å²) in [6.07, 6.45) is 4.98. The number of pyridine rings is 1. The van der Waals surface area contributed by atoms with Crippen LogP contribution in [0.1, 0.15) is 42.6 Å². The Bertz CT molecular complexity index is 1030. The van der Waals surface area contributed by atoms with Crippen LogP contribution in [0.25, 0.3) is 11.3 Å². The zero-order chi connectivity index (χ0) is 22.0. The molecular formula is C21H23ClN6O3. The second kappa shape index (κ2) is 8.55. The number of nitrogens with one attached hydrogen (secondary N) is 2. The van der Waals surface area contributed by atoms with Crippen LogP contribution < -0.4 is 10.1 Å². The van der Waals surface area contributed by atoms with E-state index in [-0.39, 0.29) is 17.7 Å². The number of nitriles is 1. The predicted molar refractivity (Wildman–Crippen MR) is 112 cm³/mol. The first-order valence-electron chi connectivity index (χ1n) is 10.2. The van der Waals surface area contributed by atoms with E-state index in [1.807, 2.05) is 0 Å². The van der Waals surface area contributed by atoms with Gasteiger partial charge in [0, 0.05) is 30.6 Å². The number of likely N-dealkylation sites (tertiary alicyclic amines) is 1. The molecule has 162 valence electrons. The molecule has 0 radical (unpaired) electrons. The molecule has 2 aromatic rings. The highest BCUT2D eigenvalue weighted by atomic mass is 35.5. The topological polar surface area (TPSA) is 124 Å². The number of methoxy groups -OCH3 is 1. The molecule has 1 saturated heterocycles. The molecule has 2 amide bonds. The van der Waals surface area contributed by atoms with Crippen molar-refractivity contribution < 1.29 is 14.3 Å². The maximum atomic E-state index is 12.9. The molecule has 1 aliphatic carbocycles. The van der Waals surface area contributed by atoms with Gasteiger partial charge in [-0.3, -0.25) is 14.7 Å². The first-order chi connectivity index (χ1) is 14.9. The van der Waals surface area contributed by atoms with Gasteiger partial charge in [0.1, 0.15) is 11.2 Å². The van der Waals surface area contributed by atoms with Crippen molar-refractivity contribution in [2.45, 2.75) is 37.6 Å². The third kappa shape index (κ3) is 4.21. The zero-order valence-electron chi connectivity index (χ0n) is 17.2. The van der Waals surface area contributed by atoms with Crippen LogP contribution >= 0.6 is 11.6 Å². The largest absolute Gasteiger partial charge is 0.481 e. The lowest BCUT2D eigenvalue weighted by atomic mass is 9.77. The number of nitrogens with zero attached hydrogens (tertiary/aromatic N) is 4. The number of hydrogen-bond donors (Lipinski definition) is 2. The highest BCUT2D eigenvalue weighted by molar-refractivity contribution is 6.33. The Balaban J connectivity index is 1.37. The third-order valence-corrected chi connectivity index (χ3v) is 6.36. The lowest BCUT2D eigenvalue weighted by molar-refractivity contribution is -0.128. The minimum absolute atomic E-state index is 0.0848. The first kappa shape index (κ1) is 21.1. The summed E-state index contributed by atoms with van der Waals surface area (Å²) in [6, 6.07) is 5.54. The van der Waals surface area contributed by atoms with Crippen molar-refractivity contribution in [2.75, 3.05) is 20.2 Å². The zero-order valence-corrected chi connectivity index (χ0v) is 17.9. The van der Waals surface area contributed by atoms with Gasteiger partial charge in [0.25, 0.3) is 5.91 Å². The Hall–Kier alpha value is -3.12. The number of halogens is 1. The molecule has 0 spiro atoms. The number of rotatable bonds is 5. The van der Waals surface area contributed by atoms with Gasteiger partial charge in [-0.15, -0.1) is 0 Å². The molecule has 0 unspecified atom stereocenters. The normalized spacial score (nSPS) is 18.0. The van der Waals surface area contributed by atoms with E-state index in [0.29, 0.717) is 66.6 Å². The number of ether oxygens (including phenoxy) is 1. The van der Waals surface area contributed by atoms with Crippen molar-refractivity contribution >= 4 is 23.4 Å². The fourth-order valence-corrected chi connectivity index (χ4v) is 4.14. The summed E-state index contributed by atoms with van der Waals surface area (Å²) in [5.74, 6) is -0.0494. The molecule has 31 heavy (non-hydrogen) atoms. The third-order valence-electron chi connectivity index (χ3n) is 6.06. The Labute approximate surface area is 184 Å². The summed E-state index contributed by atoms with van der Waals surface area (Å²) >= 11 is 6.22. The SMILES string of the molecule is COc1cc(-c2cc(C(=O)N3CCC(C(=O)NC4(C#N)CCC4)CC3)[nH]n2)c(Cl)cn1. The Morgan fingerprint density at radius 3 is 2.71 bits per heavy atom. The second-order valence-corrected chi connectivity index (χ2v) is 8.38. The molecule has 1 saturated carbocycles. The van der Waals surface area contributed by atoms with E-state index in [1.165, 1.54) is 13.3 Å². The Morgan fingerprint density at radius 2 is 2.10 bits per heavy atom. The quantitative estimate of drug-likeness (QED) is 0.733. The highest BCUT2D eigenvalue weighted by Crippen LogP contribution is 2.32. The first-order valence-corrected chi connectivity index (χ1v) is 10.6. The number of piperidine rings is 1. The molecule has 2 aromatic heterocycles. The van der Waals surface area contributed by atoms with Crippen LogP contribution in [-0.4, -0.2) is 57.6 Å². The van der Waals surface area contributed by atoms with Crippen LogP contribution in [0.5, 0.6) is 5.88 Å². The molecule has 2 N–H and O–H groups in total. The van der Waals surface area contributed by atoms with Crippen molar-refractivity contribution in [1.29, 1.82) is 5.26 Å². The smallest absolute Gasteiger partial charge is 0.271 e. The lowest BCUT2D eigenvalue weighted by Gasteiger charge is -2.38. The van der Waals surface area contributed by atoms with Gasteiger partial charge in [0.15, 0.2) is 0 Å². The molecule has 10 heteroatoms. The number of amides is 2. The van der Waals surface area contributed by atoms with Gasteiger partial charge in [-0.2, -0.15) is 10.4 Å². The van der Waals surface area contributed by atoms with Gasteiger partial charge < -0.3 is 15.0 Å². The standard InChI is InChI=1S/C21H23ClN6O3/c1-31-18-9-14(15(22)11-24-18)16-10-17(27-26-16)20(30)28-7-3-13(4-8-28)19(29)25-21(12-23)5-2-6-21/h9-11,13H,2-8H2,1H3,(H,25,29)(H,26,27). The van der Waals surface area contributed by atoms with Gasteiger partial charge in [-0.05, 0) is 38.2 Å². The summed E-state index contributed by atoms with van der Waals surface area (Å²) in [7, 11) is 1.51. The number of H-pyrrole nitrogens is 1.